The molecular formula is C9H10ClF3N2O2. The maximum Gasteiger partial charge on any atom is 0.422 e. The SMILES string of the molecule is CCOCc1nc(Cl)cc(OCC(F)(F)F)n1. The topological polar surface area (TPSA) is 44.2 Å². The number of nitrogens with zero attached hydrogens (tertiary/aromatic N) is 2. The fraction of sp³-hybridized carbons (Fsp3) is 0.556. The van der Waals surface area contributed by atoms with Gasteiger partial charge in [-0.2, -0.15) is 18.2 Å². The van der Waals surface area contributed by atoms with Gasteiger partial charge in [-0.25, -0.2) is 4.98 Å². The first kappa shape index (κ1) is 14.0. The summed E-state index contributed by atoms with van der Waals surface area (Å²) in [7, 11) is 0. The molecule has 0 aliphatic heterocycles. The molecule has 0 aromatic carbocycles. The van der Waals surface area contributed by atoms with Crippen molar-refractivity contribution in [2.45, 2.75) is 19.7 Å². The molecule has 0 saturated carbocycles. The Balaban J connectivity index is 2.68. The first-order valence-corrected chi connectivity index (χ1v) is 5.09. The van der Waals surface area contributed by atoms with Gasteiger partial charge >= 0.3 is 6.18 Å². The molecule has 0 aliphatic rings. The summed E-state index contributed by atoms with van der Waals surface area (Å²) in [5.41, 5.74) is 0. The van der Waals surface area contributed by atoms with Crippen molar-refractivity contribution in [3.05, 3.63) is 17.0 Å². The highest BCUT2D eigenvalue weighted by atomic mass is 35.5. The van der Waals surface area contributed by atoms with E-state index < -0.39 is 12.8 Å². The van der Waals surface area contributed by atoms with E-state index in [9.17, 15) is 13.2 Å². The monoisotopic (exact) mass is 270 g/mol. The Morgan fingerprint density at radius 2 is 2.06 bits per heavy atom. The minimum Gasteiger partial charge on any atom is -0.468 e. The predicted molar refractivity (Wildman–Crippen MR) is 53.9 cm³/mol. The Labute approximate surface area is 101 Å². The van der Waals surface area contributed by atoms with Gasteiger partial charge in [0.2, 0.25) is 5.88 Å². The summed E-state index contributed by atoms with van der Waals surface area (Å²) < 4.78 is 45.2. The molecule has 0 N–H and O–H groups in total. The molecule has 4 nitrogen and oxygen atoms in total. The van der Waals surface area contributed by atoms with Crippen molar-refractivity contribution in [1.29, 1.82) is 0 Å². The molecule has 1 rings (SSSR count). The zero-order valence-electron chi connectivity index (χ0n) is 8.92. The second-order valence-corrected chi connectivity index (χ2v) is 3.37. The van der Waals surface area contributed by atoms with E-state index in [0.29, 0.717) is 6.61 Å². The fourth-order valence-corrected chi connectivity index (χ4v) is 1.12. The number of alkyl halides is 3. The average molecular weight is 271 g/mol. The molecule has 96 valence electrons. The van der Waals surface area contributed by atoms with E-state index in [2.05, 4.69) is 14.7 Å². The van der Waals surface area contributed by atoms with E-state index >= 15 is 0 Å². The van der Waals surface area contributed by atoms with Crippen LogP contribution in [0.15, 0.2) is 6.07 Å². The van der Waals surface area contributed by atoms with E-state index in [-0.39, 0.29) is 23.5 Å². The number of halogens is 4. The summed E-state index contributed by atoms with van der Waals surface area (Å²) in [6.07, 6.45) is -4.42. The zero-order chi connectivity index (χ0) is 12.9. The molecule has 0 aliphatic carbocycles. The van der Waals surface area contributed by atoms with Gasteiger partial charge in [0.1, 0.15) is 11.8 Å². The first-order valence-electron chi connectivity index (χ1n) is 4.71. The third-order valence-corrected chi connectivity index (χ3v) is 1.73. The molecule has 0 atom stereocenters. The number of hydrogen-bond donors (Lipinski definition) is 0. The van der Waals surface area contributed by atoms with Crippen LogP contribution >= 0.6 is 11.6 Å². The normalized spacial score (nSPS) is 11.6. The molecule has 0 bridgehead atoms. The van der Waals surface area contributed by atoms with Crippen LogP contribution in [0.25, 0.3) is 0 Å². The highest BCUT2D eigenvalue weighted by Crippen LogP contribution is 2.19. The number of hydrogen-bond acceptors (Lipinski definition) is 4. The molecule has 1 aromatic rings. The molecule has 0 amide bonds. The quantitative estimate of drug-likeness (QED) is 0.772. The molecule has 0 unspecified atom stereocenters. The lowest BCUT2D eigenvalue weighted by molar-refractivity contribution is -0.154. The molecule has 1 heterocycles. The van der Waals surface area contributed by atoms with Crippen molar-refractivity contribution in [1.82, 2.24) is 9.97 Å². The van der Waals surface area contributed by atoms with Crippen LogP contribution in [0.4, 0.5) is 13.2 Å². The van der Waals surface area contributed by atoms with Crippen molar-refractivity contribution in [3.8, 4) is 5.88 Å². The van der Waals surface area contributed by atoms with Gasteiger partial charge in [-0.3, -0.25) is 0 Å². The summed E-state index contributed by atoms with van der Waals surface area (Å²) in [4.78, 5) is 7.52. The zero-order valence-corrected chi connectivity index (χ0v) is 9.68. The maximum atomic E-state index is 11.9. The first-order chi connectivity index (χ1) is 7.90. The summed E-state index contributed by atoms with van der Waals surface area (Å²) in [6.45, 7) is 0.855. The average Bonchev–Trinajstić information content (AvgIpc) is 2.22. The number of ether oxygens (including phenoxy) is 2. The molecule has 0 spiro atoms. The van der Waals surface area contributed by atoms with E-state index in [4.69, 9.17) is 16.3 Å². The minimum atomic E-state index is -4.42. The van der Waals surface area contributed by atoms with Gasteiger partial charge in [-0.15, -0.1) is 0 Å². The molecular weight excluding hydrogens is 261 g/mol. The van der Waals surface area contributed by atoms with Crippen molar-refractivity contribution < 1.29 is 22.6 Å². The third-order valence-electron chi connectivity index (χ3n) is 1.54. The van der Waals surface area contributed by atoms with Gasteiger partial charge < -0.3 is 9.47 Å². The van der Waals surface area contributed by atoms with E-state index in [1.165, 1.54) is 0 Å². The Morgan fingerprint density at radius 1 is 1.35 bits per heavy atom. The van der Waals surface area contributed by atoms with Gasteiger partial charge in [-0.1, -0.05) is 11.6 Å². The van der Waals surface area contributed by atoms with Crippen LogP contribution < -0.4 is 4.74 Å². The predicted octanol–water partition coefficient (Wildman–Crippen LogP) is 2.61. The van der Waals surface area contributed by atoms with Gasteiger partial charge in [0.15, 0.2) is 12.4 Å². The summed E-state index contributed by atoms with van der Waals surface area (Å²) in [5.74, 6) is -0.0476. The highest BCUT2D eigenvalue weighted by molar-refractivity contribution is 6.29. The third kappa shape index (κ3) is 5.69. The van der Waals surface area contributed by atoms with Crippen LogP contribution in [0.5, 0.6) is 5.88 Å². The van der Waals surface area contributed by atoms with E-state index in [1.54, 1.807) is 6.92 Å². The number of aromatic nitrogens is 2. The standard InChI is InChI=1S/C9H10ClF3N2O2/c1-2-16-4-7-14-6(10)3-8(15-7)17-5-9(11,12)13/h3H,2,4-5H2,1H3. The maximum absolute atomic E-state index is 11.9. The van der Waals surface area contributed by atoms with Crippen LogP contribution in [0, 0.1) is 0 Å². The minimum absolute atomic E-state index is 0.00637. The molecule has 0 saturated heterocycles. The molecule has 0 fully saturated rings. The summed E-state index contributed by atoms with van der Waals surface area (Å²) in [5, 5.41) is 0.00637. The molecule has 0 radical (unpaired) electrons. The van der Waals surface area contributed by atoms with Gasteiger partial charge in [0, 0.05) is 12.7 Å². The Kier molecular flexibility index (Phi) is 4.95. The van der Waals surface area contributed by atoms with E-state index in [1.807, 2.05) is 0 Å². The van der Waals surface area contributed by atoms with E-state index in [0.717, 1.165) is 6.07 Å². The summed E-state index contributed by atoms with van der Waals surface area (Å²) in [6, 6.07) is 1.11. The van der Waals surface area contributed by atoms with Crippen molar-refractivity contribution in [2.75, 3.05) is 13.2 Å². The highest BCUT2D eigenvalue weighted by Gasteiger charge is 2.28. The van der Waals surface area contributed by atoms with Crippen molar-refractivity contribution in [2.24, 2.45) is 0 Å². The van der Waals surface area contributed by atoms with Crippen LogP contribution in [0.1, 0.15) is 12.7 Å². The largest absolute Gasteiger partial charge is 0.468 e. The summed E-state index contributed by atoms with van der Waals surface area (Å²) >= 11 is 5.61. The van der Waals surface area contributed by atoms with Crippen LogP contribution in [0.3, 0.4) is 0 Å². The molecule has 1 aromatic heterocycles. The lowest BCUT2D eigenvalue weighted by Gasteiger charge is -2.09. The fourth-order valence-electron chi connectivity index (χ4n) is 0.930. The van der Waals surface area contributed by atoms with Crippen molar-refractivity contribution >= 4 is 11.6 Å². The Morgan fingerprint density at radius 3 is 2.65 bits per heavy atom. The second-order valence-electron chi connectivity index (χ2n) is 2.99. The second kappa shape index (κ2) is 6.02. The van der Waals surface area contributed by atoms with Crippen molar-refractivity contribution in [3.63, 3.8) is 0 Å². The smallest absolute Gasteiger partial charge is 0.422 e. The van der Waals surface area contributed by atoms with Gasteiger partial charge in [0.05, 0.1) is 0 Å². The number of rotatable bonds is 5. The Bertz CT molecular complexity index is 374. The molecule has 17 heavy (non-hydrogen) atoms. The van der Waals surface area contributed by atoms with Gasteiger partial charge in [0.25, 0.3) is 0 Å². The van der Waals surface area contributed by atoms with Crippen LogP contribution in [-0.4, -0.2) is 29.4 Å². The molecule has 8 heteroatoms. The lowest BCUT2D eigenvalue weighted by Crippen LogP contribution is -2.20. The van der Waals surface area contributed by atoms with Crippen LogP contribution in [0.2, 0.25) is 5.15 Å². The van der Waals surface area contributed by atoms with Gasteiger partial charge in [-0.05, 0) is 6.92 Å². The Hall–Kier alpha value is -1.08. The lowest BCUT2D eigenvalue weighted by atomic mass is 10.5. The van der Waals surface area contributed by atoms with Crippen LogP contribution in [-0.2, 0) is 11.3 Å².